The summed E-state index contributed by atoms with van der Waals surface area (Å²) in [5, 5.41) is 21.8. The molecule has 0 aromatic rings. The molecule has 4 aliphatic rings. The summed E-state index contributed by atoms with van der Waals surface area (Å²) in [4.78, 5) is 12.2. The summed E-state index contributed by atoms with van der Waals surface area (Å²) in [6, 6.07) is 0. The van der Waals surface area contributed by atoms with Gasteiger partial charge < -0.3 is 14.9 Å². The van der Waals surface area contributed by atoms with Crippen LogP contribution in [0.15, 0.2) is 0 Å². The summed E-state index contributed by atoms with van der Waals surface area (Å²) in [6.45, 7) is 6.36. The Morgan fingerprint density at radius 2 is 1.77 bits per heavy atom. The summed E-state index contributed by atoms with van der Waals surface area (Å²) in [5.74, 6) is 2.63. The van der Waals surface area contributed by atoms with E-state index in [1.54, 1.807) is 14.0 Å². The maximum atomic E-state index is 12.2. The Hall–Kier alpha value is -0.450. The Morgan fingerprint density at radius 3 is 2.42 bits per heavy atom. The molecule has 4 heteroatoms. The zero-order valence-electron chi connectivity index (χ0n) is 16.8. The molecule has 0 radical (unpaired) electrons. The van der Waals surface area contributed by atoms with Gasteiger partial charge in [-0.15, -0.1) is 0 Å². The molecular formula is C22H36O4. The lowest BCUT2D eigenvalue weighted by molar-refractivity contribution is -0.226. The lowest BCUT2D eigenvalue weighted by Gasteiger charge is -2.63. The fourth-order valence-corrected chi connectivity index (χ4v) is 8.20. The van der Waals surface area contributed by atoms with Gasteiger partial charge in [-0.05, 0) is 81.0 Å². The van der Waals surface area contributed by atoms with E-state index in [4.69, 9.17) is 4.74 Å². The van der Waals surface area contributed by atoms with Crippen LogP contribution in [-0.2, 0) is 9.53 Å². The van der Waals surface area contributed by atoms with Crippen LogP contribution in [0.5, 0.6) is 0 Å². The number of ketones is 1. The number of carbonyl (C=O) groups excluding carboxylic acids is 1. The maximum Gasteiger partial charge on any atom is 0.133 e. The molecular weight excluding hydrogens is 328 g/mol. The first-order valence-corrected chi connectivity index (χ1v) is 10.6. The minimum atomic E-state index is -0.790. The topological polar surface area (TPSA) is 66.8 Å². The van der Waals surface area contributed by atoms with Crippen molar-refractivity contribution in [1.82, 2.24) is 0 Å². The van der Waals surface area contributed by atoms with E-state index in [1.165, 1.54) is 6.42 Å². The predicted molar refractivity (Wildman–Crippen MR) is 99.5 cm³/mol. The van der Waals surface area contributed by atoms with Gasteiger partial charge in [0.25, 0.3) is 0 Å². The third-order valence-corrected chi connectivity index (χ3v) is 9.62. The summed E-state index contributed by atoms with van der Waals surface area (Å²) in [7, 11) is 1.64. The first-order valence-electron chi connectivity index (χ1n) is 10.6. The molecule has 4 nitrogen and oxygen atoms in total. The van der Waals surface area contributed by atoms with Crippen LogP contribution >= 0.6 is 0 Å². The van der Waals surface area contributed by atoms with Crippen molar-refractivity contribution in [3.05, 3.63) is 0 Å². The molecule has 0 aliphatic heterocycles. The molecule has 10 atom stereocenters. The van der Waals surface area contributed by atoms with Crippen LogP contribution in [0.3, 0.4) is 0 Å². The normalized spacial score (nSPS) is 56.4. The highest BCUT2D eigenvalue weighted by Crippen LogP contribution is 2.67. The number of hydrogen-bond acceptors (Lipinski definition) is 4. The van der Waals surface area contributed by atoms with Gasteiger partial charge in [0, 0.05) is 18.4 Å². The zero-order valence-corrected chi connectivity index (χ0v) is 16.8. The lowest BCUT2D eigenvalue weighted by Crippen LogP contribution is -2.64. The molecule has 4 rings (SSSR count). The van der Waals surface area contributed by atoms with E-state index < -0.39 is 12.2 Å². The molecule has 4 aliphatic carbocycles. The van der Waals surface area contributed by atoms with Gasteiger partial charge in [0.05, 0.1) is 12.2 Å². The van der Waals surface area contributed by atoms with Crippen LogP contribution in [0, 0.1) is 40.4 Å². The van der Waals surface area contributed by atoms with Crippen molar-refractivity contribution in [3.63, 3.8) is 0 Å². The number of ether oxygens (including phenoxy) is 1. The number of rotatable bonds is 2. The van der Waals surface area contributed by atoms with Crippen molar-refractivity contribution in [2.75, 3.05) is 7.11 Å². The third-order valence-electron chi connectivity index (χ3n) is 9.62. The van der Waals surface area contributed by atoms with E-state index in [0.717, 1.165) is 38.5 Å². The highest BCUT2D eigenvalue weighted by molar-refractivity contribution is 5.79. The summed E-state index contributed by atoms with van der Waals surface area (Å²) >= 11 is 0. The minimum absolute atomic E-state index is 0.142. The highest BCUT2D eigenvalue weighted by Gasteiger charge is 2.64. The Labute approximate surface area is 157 Å². The van der Waals surface area contributed by atoms with Gasteiger partial charge in [0.15, 0.2) is 0 Å². The van der Waals surface area contributed by atoms with Crippen LogP contribution in [0.4, 0.5) is 0 Å². The third kappa shape index (κ3) is 2.34. The van der Waals surface area contributed by atoms with Crippen molar-refractivity contribution >= 4 is 5.78 Å². The number of hydrogen-bond donors (Lipinski definition) is 2. The molecule has 0 saturated heterocycles. The van der Waals surface area contributed by atoms with Crippen molar-refractivity contribution in [1.29, 1.82) is 0 Å². The lowest BCUT2D eigenvalue weighted by atomic mass is 9.43. The summed E-state index contributed by atoms with van der Waals surface area (Å²) in [6.07, 6.45) is 5.77. The van der Waals surface area contributed by atoms with Gasteiger partial charge in [-0.25, -0.2) is 0 Å². The number of fused-ring (bicyclic) bond motifs is 5. The Morgan fingerprint density at radius 1 is 1.04 bits per heavy atom. The van der Waals surface area contributed by atoms with Crippen LogP contribution < -0.4 is 0 Å². The van der Waals surface area contributed by atoms with Gasteiger partial charge in [-0.3, -0.25) is 4.79 Å². The highest BCUT2D eigenvalue weighted by atomic mass is 16.5. The van der Waals surface area contributed by atoms with E-state index in [2.05, 4.69) is 13.8 Å². The Kier molecular flexibility index (Phi) is 4.57. The molecule has 2 N–H and O–H groups in total. The summed E-state index contributed by atoms with van der Waals surface area (Å²) < 4.78 is 5.48. The van der Waals surface area contributed by atoms with Crippen LogP contribution in [-0.4, -0.2) is 41.4 Å². The quantitative estimate of drug-likeness (QED) is 0.790. The molecule has 0 aromatic carbocycles. The van der Waals surface area contributed by atoms with E-state index in [9.17, 15) is 15.0 Å². The van der Waals surface area contributed by atoms with Crippen LogP contribution in [0.25, 0.3) is 0 Å². The maximum absolute atomic E-state index is 12.2. The fourth-order valence-electron chi connectivity index (χ4n) is 8.20. The molecule has 0 aromatic heterocycles. The van der Waals surface area contributed by atoms with Gasteiger partial charge in [0.2, 0.25) is 0 Å². The van der Waals surface area contributed by atoms with E-state index in [0.29, 0.717) is 29.5 Å². The predicted octanol–water partition coefficient (Wildman–Crippen LogP) is 3.19. The second-order valence-corrected chi connectivity index (χ2v) is 10.2. The molecule has 4 fully saturated rings. The van der Waals surface area contributed by atoms with Gasteiger partial charge in [-0.2, -0.15) is 0 Å². The first-order chi connectivity index (χ1) is 12.2. The van der Waals surface area contributed by atoms with Gasteiger partial charge in [-0.1, -0.05) is 13.8 Å². The molecule has 0 bridgehead atoms. The SMILES string of the molecule is CO[C@H]1C[C@@H]2CC[C@H]3[C@@H]4CC[C@H](C(C)=O)[C@@]4(C)CC[C@@H]3[C@@]2(C)[C@@H](O)[C@H]1O. The average Bonchev–Trinajstić information content (AvgIpc) is 2.96. The van der Waals surface area contributed by atoms with E-state index >= 15 is 0 Å². The van der Waals surface area contributed by atoms with Crippen LogP contribution in [0.2, 0.25) is 0 Å². The van der Waals surface area contributed by atoms with Crippen LogP contribution in [0.1, 0.15) is 65.7 Å². The molecule has 0 unspecified atom stereocenters. The molecule has 4 saturated carbocycles. The fraction of sp³-hybridized carbons (Fsp3) is 0.955. The standard InChI is InChI=1S/C22H36O4/c1-12(23)15-7-8-16-14-6-5-13-11-18(26-4)19(24)20(25)22(13,3)17(14)9-10-21(15,16)2/h13-20,24-25H,5-11H2,1-4H3/t13-,14-,15+,16-,17-,18-,19-,20-,21+,22-/m0/s1. The molecule has 0 amide bonds. The van der Waals surface area contributed by atoms with E-state index in [-0.39, 0.29) is 22.9 Å². The average molecular weight is 365 g/mol. The largest absolute Gasteiger partial charge is 0.390 e. The van der Waals surface area contributed by atoms with Crippen molar-refractivity contribution < 1.29 is 19.7 Å². The molecule has 26 heavy (non-hydrogen) atoms. The monoisotopic (exact) mass is 364 g/mol. The minimum Gasteiger partial charge on any atom is -0.390 e. The Bertz CT molecular complexity index is 572. The van der Waals surface area contributed by atoms with Gasteiger partial charge >= 0.3 is 0 Å². The molecule has 148 valence electrons. The smallest absolute Gasteiger partial charge is 0.133 e. The zero-order chi connectivity index (χ0) is 18.9. The second-order valence-electron chi connectivity index (χ2n) is 10.2. The number of aliphatic hydroxyl groups excluding tert-OH is 2. The molecule has 0 heterocycles. The number of Topliss-reactive ketones (excluding diaryl/α,β-unsaturated/α-hetero) is 1. The molecule has 0 spiro atoms. The van der Waals surface area contributed by atoms with Crippen molar-refractivity contribution in [2.24, 2.45) is 40.4 Å². The van der Waals surface area contributed by atoms with E-state index in [1.807, 2.05) is 0 Å². The Balaban J connectivity index is 1.65. The van der Waals surface area contributed by atoms with Crippen molar-refractivity contribution in [3.8, 4) is 0 Å². The number of methoxy groups -OCH3 is 1. The second kappa shape index (κ2) is 6.28. The summed E-state index contributed by atoms with van der Waals surface area (Å²) in [5.41, 5.74) is -0.0868. The van der Waals surface area contributed by atoms with Gasteiger partial charge in [0.1, 0.15) is 11.9 Å². The number of carbonyl (C=O) groups is 1. The first kappa shape index (κ1) is 18.9. The number of aliphatic hydroxyl groups is 2. The van der Waals surface area contributed by atoms with Crippen molar-refractivity contribution in [2.45, 2.75) is 84.0 Å².